The Labute approximate surface area is 139 Å². The van der Waals surface area contributed by atoms with Crippen molar-refractivity contribution in [1.82, 2.24) is 0 Å². The molecule has 0 heterocycles. The number of benzene rings is 2. The highest BCUT2D eigenvalue weighted by Crippen LogP contribution is 2.36. The molecule has 0 atom stereocenters. The molecular formula is C18H18ClF3O. The van der Waals surface area contributed by atoms with Gasteiger partial charge in [0.05, 0.1) is 0 Å². The fourth-order valence-electron chi connectivity index (χ4n) is 2.72. The number of hydrogen-bond donors (Lipinski definition) is 0. The predicted molar refractivity (Wildman–Crippen MR) is 86.9 cm³/mol. The molecule has 0 saturated carbocycles. The van der Waals surface area contributed by atoms with Crippen molar-refractivity contribution >= 4 is 11.6 Å². The number of halogens is 4. The molecule has 0 radical (unpaired) electrons. The molecule has 0 aliphatic carbocycles. The Kier molecular flexibility index (Phi) is 5.58. The molecule has 0 amide bonds. The Balaban J connectivity index is 2.49. The largest absolute Gasteiger partial charge is 0.573 e. The normalized spacial score (nSPS) is 11.8. The highest BCUT2D eigenvalue weighted by molar-refractivity contribution is 6.30. The van der Waals surface area contributed by atoms with Crippen molar-refractivity contribution in [2.45, 2.75) is 39.0 Å². The van der Waals surface area contributed by atoms with Gasteiger partial charge in [-0.3, -0.25) is 0 Å². The average molecular weight is 343 g/mol. The maximum atomic E-state index is 12.4. The minimum atomic E-state index is -4.70. The van der Waals surface area contributed by atoms with Crippen molar-refractivity contribution in [2.24, 2.45) is 0 Å². The molecule has 0 aromatic heterocycles. The third kappa shape index (κ3) is 4.64. The maximum Gasteiger partial charge on any atom is 0.573 e. The second-order valence-corrected chi connectivity index (χ2v) is 5.76. The standard InChI is InChI=1S/C18H18ClF3O/c1-3-12(4-2)16-9-8-14(19)11-17(16)13-6-5-7-15(10-13)23-18(20,21)22/h5-12H,3-4H2,1-2H3. The summed E-state index contributed by atoms with van der Waals surface area (Å²) in [7, 11) is 0. The Morgan fingerprint density at radius 1 is 1.04 bits per heavy atom. The van der Waals surface area contributed by atoms with E-state index in [1.807, 2.05) is 12.1 Å². The molecular weight excluding hydrogens is 325 g/mol. The van der Waals surface area contributed by atoms with E-state index in [9.17, 15) is 13.2 Å². The molecule has 5 heteroatoms. The first-order valence-corrected chi connectivity index (χ1v) is 7.87. The van der Waals surface area contributed by atoms with Crippen LogP contribution in [0.25, 0.3) is 11.1 Å². The highest BCUT2D eigenvalue weighted by Gasteiger charge is 2.31. The van der Waals surface area contributed by atoms with Crippen molar-refractivity contribution in [2.75, 3.05) is 0 Å². The average Bonchev–Trinajstić information content (AvgIpc) is 2.48. The summed E-state index contributed by atoms with van der Waals surface area (Å²) in [6.45, 7) is 4.19. The topological polar surface area (TPSA) is 9.23 Å². The van der Waals surface area contributed by atoms with Crippen LogP contribution in [-0.4, -0.2) is 6.36 Å². The van der Waals surface area contributed by atoms with Gasteiger partial charge in [-0.2, -0.15) is 0 Å². The molecule has 2 aromatic rings. The van der Waals surface area contributed by atoms with Crippen molar-refractivity contribution in [3.63, 3.8) is 0 Å². The minimum Gasteiger partial charge on any atom is -0.406 e. The molecule has 23 heavy (non-hydrogen) atoms. The summed E-state index contributed by atoms with van der Waals surface area (Å²) < 4.78 is 41.3. The van der Waals surface area contributed by atoms with Gasteiger partial charge in [0.25, 0.3) is 0 Å². The third-order valence-electron chi connectivity index (χ3n) is 3.82. The van der Waals surface area contributed by atoms with Gasteiger partial charge in [-0.05, 0) is 59.7 Å². The summed E-state index contributed by atoms with van der Waals surface area (Å²) in [5.41, 5.74) is 2.60. The molecule has 0 aliphatic rings. The highest BCUT2D eigenvalue weighted by atomic mass is 35.5. The lowest BCUT2D eigenvalue weighted by molar-refractivity contribution is -0.274. The van der Waals surface area contributed by atoms with Gasteiger partial charge in [0.15, 0.2) is 0 Å². The van der Waals surface area contributed by atoms with Crippen LogP contribution in [0, 0.1) is 0 Å². The van der Waals surface area contributed by atoms with E-state index in [2.05, 4.69) is 18.6 Å². The molecule has 0 unspecified atom stereocenters. The molecule has 0 saturated heterocycles. The van der Waals surface area contributed by atoms with E-state index in [4.69, 9.17) is 11.6 Å². The van der Waals surface area contributed by atoms with Crippen molar-refractivity contribution < 1.29 is 17.9 Å². The monoisotopic (exact) mass is 342 g/mol. The first kappa shape index (κ1) is 17.7. The van der Waals surface area contributed by atoms with E-state index in [1.165, 1.54) is 12.1 Å². The molecule has 2 rings (SSSR count). The third-order valence-corrected chi connectivity index (χ3v) is 4.05. The van der Waals surface area contributed by atoms with Crippen LogP contribution in [0.2, 0.25) is 5.02 Å². The van der Waals surface area contributed by atoms with Crippen LogP contribution >= 0.6 is 11.6 Å². The maximum absolute atomic E-state index is 12.4. The first-order valence-electron chi connectivity index (χ1n) is 7.49. The van der Waals surface area contributed by atoms with E-state index in [0.717, 1.165) is 24.0 Å². The zero-order valence-corrected chi connectivity index (χ0v) is 13.7. The fourth-order valence-corrected chi connectivity index (χ4v) is 2.90. The van der Waals surface area contributed by atoms with Crippen LogP contribution < -0.4 is 4.74 Å². The first-order chi connectivity index (χ1) is 10.8. The number of ether oxygens (including phenoxy) is 1. The van der Waals surface area contributed by atoms with Gasteiger partial charge in [-0.15, -0.1) is 13.2 Å². The van der Waals surface area contributed by atoms with Gasteiger partial charge < -0.3 is 4.74 Å². The Hall–Kier alpha value is -1.68. The lowest BCUT2D eigenvalue weighted by atomic mass is 9.87. The van der Waals surface area contributed by atoms with E-state index in [-0.39, 0.29) is 5.75 Å². The summed E-state index contributed by atoms with van der Waals surface area (Å²) in [4.78, 5) is 0. The molecule has 0 N–H and O–H groups in total. The van der Waals surface area contributed by atoms with Crippen LogP contribution in [0.5, 0.6) is 5.75 Å². The quantitative estimate of drug-likeness (QED) is 0.580. The van der Waals surface area contributed by atoms with E-state index in [1.54, 1.807) is 18.2 Å². The summed E-state index contributed by atoms with van der Waals surface area (Å²) in [5, 5.41) is 0.553. The Morgan fingerprint density at radius 2 is 1.74 bits per heavy atom. The number of rotatable bonds is 5. The molecule has 0 spiro atoms. The van der Waals surface area contributed by atoms with Gasteiger partial charge >= 0.3 is 6.36 Å². The van der Waals surface area contributed by atoms with Crippen LogP contribution in [0.1, 0.15) is 38.2 Å². The minimum absolute atomic E-state index is 0.231. The van der Waals surface area contributed by atoms with Crippen LogP contribution in [-0.2, 0) is 0 Å². The summed E-state index contributed by atoms with van der Waals surface area (Å²) >= 11 is 6.09. The van der Waals surface area contributed by atoms with Gasteiger partial charge in [0.2, 0.25) is 0 Å². The summed E-state index contributed by atoms with van der Waals surface area (Å²) in [6, 6.07) is 11.6. The second-order valence-electron chi connectivity index (χ2n) is 5.32. The van der Waals surface area contributed by atoms with E-state index < -0.39 is 6.36 Å². The smallest absolute Gasteiger partial charge is 0.406 e. The van der Waals surface area contributed by atoms with Crippen LogP contribution in [0.4, 0.5) is 13.2 Å². The molecule has 0 fully saturated rings. The fraction of sp³-hybridized carbons (Fsp3) is 0.333. The molecule has 2 aromatic carbocycles. The Bertz CT molecular complexity index is 664. The Morgan fingerprint density at radius 3 is 2.35 bits per heavy atom. The zero-order valence-electron chi connectivity index (χ0n) is 13.0. The molecule has 1 nitrogen and oxygen atoms in total. The predicted octanol–water partition coefficient (Wildman–Crippen LogP) is 6.81. The van der Waals surface area contributed by atoms with E-state index in [0.29, 0.717) is 16.5 Å². The summed E-state index contributed by atoms with van der Waals surface area (Å²) in [5.74, 6) is 0.0972. The van der Waals surface area contributed by atoms with Gasteiger partial charge in [-0.1, -0.05) is 43.6 Å². The number of alkyl halides is 3. The van der Waals surface area contributed by atoms with Crippen LogP contribution in [0.15, 0.2) is 42.5 Å². The lowest BCUT2D eigenvalue weighted by Gasteiger charge is -2.19. The molecule has 0 aliphatic heterocycles. The molecule has 124 valence electrons. The van der Waals surface area contributed by atoms with Crippen molar-refractivity contribution in [3.8, 4) is 16.9 Å². The van der Waals surface area contributed by atoms with Crippen molar-refractivity contribution in [1.29, 1.82) is 0 Å². The molecule has 0 bridgehead atoms. The van der Waals surface area contributed by atoms with E-state index >= 15 is 0 Å². The summed E-state index contributed by atoms with van der Waals surface area (Å²) in [6.07, 6.45) is -2.81. The van der Waals surface area contributed by atoms with Gasteiger partial charge in [0, 0.05) is 5.02 Å². The zero-order chi connectivity index (χ0) is 17.0. The van der Waals surface area contributed by atoms with Crippen molar-refractivity contribution in [3.05, 3.63) is 53.1 Å². The SMILES string of the molecule is CCC(CC)c1ccc(Cl)cc1-c1cccc(OC(F)(F)F)c1. The number of hydrogen-bond acceptors (Lipinski definition) is 1. The lowest BCUT2D eigenvalue weighted by Crippen LogP contribution is -2.17. The van der Waals surface area contributed by atoms with Gasteiger partial charge in [-0.25, -0.2) is 0 Å². The second kappa shape index (κ2) is 7.26. The van der Waals surface area contributed by atoms with Gasteiger partial charge in [0.1, 0.15) is 5.75 Å². The van der Waals surface area contributed by atoms with Crippen LogP contribution in [0.3, 0.4) is 0 Å².